The monoisotopic (exact) mass is 715 g/mol. The molecule has 0 saturated heterocycles. The molecule has 3 heterocycles. The van der Waals surface area contributed by atoms with Crippen molar-refractivity contribution in [2.24, 2.45) is 5.10 Å². The summed E-state index contributed by atoms with van der Waals surface area (Å²) in [5.74, 6) is 3.12. The SMILES string of the molecule is CCOc1cc(C=Nn2c(-c3cc4ccccc4o3)nc3ccccc3c2=O)c(Br)c(Br)c1OCc1ccc2c(c1)OCO2. The number of furan rings is 1. The summed E-state index contributed by atoms with van der Waals surface area (Å²) in [6.45, 7) is 2.78. The molecule has 2 aromatic heterocycles. The van der Waals surface area contributed by atoms with Crippen LogP contribution in [0.5, 0.6) is 23.0 Å². The highest BCUT2D eigenvalue weighted by Gasteiger charge is 2.20. The van der Waals surface area contributed by atoms with Crippen LogP contribution in [0.4, 0.5) is 0 Å². The molecule has 0 spiro atoms. The molecule has 0 radical (unpaired) electrons. The summed E-state index contributed by atoms with van der Waals surface area (Å²) in [6.07, 6.45) is 1.57. The predicted octanol–water partition coefficient (Wildman–Crippen LogP) is 7.92. The molecule has 0 unspecified atom stereocenters. The Morgan fingerprint density at radius 2 is 1.77 bits per heavy atom. The van der Waals surface area contributed by atoms with Gasteiger partial charge in [-0.1, -0.05) is 36.4 Å². The second-order valence-corrected chi connectivity index (χ2v) is 11.4. The molecule has 4 aromatic carbocycles. The van der Waals surface area contributed by atoms with Crippen LogP contribution in [0.2, 0.25) is 0 Å². The molecule has 0 N–H and O–H groups in total. The van der Waals surface area contributed by atoms with Crippen molar-refractivity contribution < 1.29 is 23.4 Å². The molecule has 6 aromatic rings. The van der Waals surface area contributed by atoms with Gasteiger partial charge < -0.3 is 23.4 Å². The van der Waals surface area contributed by atoms with Crippen molar-refractivity contribution in [2.45, 2.75) is 13.5 Å². The van der Waals surface area contributed by atoms with Crippen molar-refractivity contribution in [2.75, 3.05) is 13.4 Å². The smallest absolute Gasteiger partial charge is 0.282 e. The summed E-state index contributed by atoms with van der Waals surface area (Å²) in [5.41, 5.74) is 2.46. The quantitative estimate of drug-likeness (QED) is 0.148. The first kappa shape index (κ1) is 28.2. The second-order valence-electron chi connectivity index (χ2n) is 9.79. The molecule has 44 heavy (non-hydrogen) atoms. The highest BCUT2D eigenvalue weighted by atomic mass is 79.9. The zero-order chi connectivity index (χ0) is 30.2. The van der Waals surface area contributed by atoms with Crippen LogP contribution in [0.3, 0.4) is 0 Å². The van der Waals surface area contributed by atoms with Crippen LogP contribution in [-0.2, 0) is 6.61 Å². The molecule has 0 fully saturated rings. The number of halogens is 2. The van der Waals surface area contributed by atoms with Gasteiger partial charge in [-0.15, -0.1) is 0 Å². The van der Waals surface area contributed by atoms with Gasteiger partial charge in [-0.05, 0) is 86.8 Å². The molecule has 1 aliphatic rings. The van der Waals surface area contributed by atoms with Crippen molar-refractivity contribution >= 4 is 59.9 Å². The number of benzene rings is 4. The first-order valence-corrected chi connectivity index (χ1v) is 15.3. The van der Waals surface area contributed by atoms with Crippen molar-refractivity contribution in [3.63, 3.8) is 0 Å². The maximum Gasteiger partial charge on any atom is 0.282 e. The first-order valence-electron chi connectivity index (χ1n) is 13.7. The Bertz CT molecular complexity index is 2110. The lowest BCUT2D eigenvalue weighted by Crippen LogP contribution is -2.20. The van der Waals surface area contributed by atoms with E-state index in [2.05, 4.69) is 37.0 Å². The van der Waals surface area contributed by atoms with Gasteiger partial charge in [-0.3, -0.25) is 4.79 Å². The van der Waals surface area contributed by atoms with Crippen LogP contribution in [-0.4, -0.2) is 29.3 Å². The van der Waals surface area contributed by atoms with Gasteiger partial charge in [-0.25, -0.2) is 4.98 Å². The third kappa shape index (κ3) is 5.22. The van der Waals surface area contributed by atoms with E-state index in [9.17, 15) is 4.79 Å². The van der Waals surface area contributed by atoms with Crippen molar-refractivity contribution in [3.05, 3.63) is 109 Å². The van der Waals surface area contributed by atoms with Crippen LogP contribution in [0.25, 0.3) is 33.5 Å². The van der Waals surface area contributed by atoms with E-state index in [1.54, 1.807) is 30.5 Å². The van der Waals surface area contributed by atoms with Crippen LogP contribution < -0.4 is 24.5 Å². The van der Waals surface area contributed by atoms with E-state index < -0.39 is 0 Å². The lowest BCUT2D eigenvalue weighted by atomic mass is 10.2. The number of ether oxygens (including phenoxy) is 4. The van der Waals surface area contributed by atoms with E-state index in [0.29, 0.717) is 66.4 Å². The summed E-state index contributed by atoms with van der Waals surface area (Å²) in [7, 11) is 0. The second kappa shape index (κ2) is 11.8. The number of fused-ring (bicyclic) bond motifs is 3. The van der Waals surface area contributed by atoms with Crippen LogP contribution >= 0.6 is 31.9 Å². The molecule has 0 saturated carbocycles. The van der Waals surface area contributed by atoms with Gasteiger partial charge in [0.2, 0.25) is 12.6 Å². The lowest BCUT2D eigenvalue weighted by Gasteiger charge is -2.16. The van der Waals surface area contributed by atoms with Crippen LogP contribution in [0, 0.1) is 0 Å². The Morgan fingerprint density at radius 1 is 0.955 bits per heavy atom. The topological polar surface area (TPSA) is 97.3 Å². The van der Waals surface area contributed by atoms with Crippen LogP contribution in [0.15, 0.2) is 102 Å². The summed E-state index contributed by atoms with van der Waals surface area (Å²) >= 11 is 7.34. The van der Waals surface area contributed by atoms with Gasteiger partial charge in [0, 0.05) is 15.4 Å². The van der Waals surface area contributed by atoms with Crippen molar-refractivity contribution in [3.8, 4) is 34.6 Å². The first-order chi connectivity index (χ1) is 21.5. The molecule has 220 valence electrons. The van der Waals surface area contributed by atoms with Gasteiger partial charge >= 0.3 is 0 Å². The molecule has 0 bridgehead atoms. The fourth-order valence-electron chi connectivity index (χ4n) is 4.88. The van der Waals surface area contributed by atoms with Gasteiger partial charge in [0.1, 0.15) is 12.2 Å². The highest BCUT2D eigenvalue weighted by molar-refractivity contribution is 9.13. The van der Waals surface area contributed by atoms with Gasteiger partial charge in [0.25, 0.3) is 5.56 Å². The van der Waals surface area contributed by atoms with E-state index >= 15 is 0 Å². The van der Waals surface area contributed by atoms with E-state index in [4.69, 9.17) is 28.3 Å². The zero-order valence-corrected chi connectivity index (χ0v) is 26.4. The number of nitrogens with zero attached hydrogens (tertiary/aromatic N) is 3. The van der Waals surface area contributed by atoms with Crippen molar-refractivity contribution in [1.82, 2.24) is 9.66 Å². The van der Waals surface area contributed by atoms with Crippen molar-refractivity contribution in [1.29, 1.82) is 0 Å². The number of hydrogen-bond donors (Lipinski definition) is 0. The summed E-state index contributed by atoms with van der Waals surface area (Å²) in [5, 5.41) is 5.95. The maximum absolute atomic E-state index is 13.7. The van der Waals surface area contributed by atoms with Gasteiger partial charge in [-0.2, -0.15) is 9.78 Å². The summed E-state index contributed by atoms with van der Waals surface area (Å²) in [6, 6.07) is 24.1. The Labute approximate surface area is 267 Å². The average Bonchev–Trinajstić information content (AvgIpc) is 3.69. The number of aromatic nitrogens is 2. The van der Waals surface area contributed by atoms with E-state index in [-0.39, 0.29) is 24.8 Å². The minimum atomic E-state index is -0.328. The number of hydrogen-bond acceptors (Lipinski definition) is 8. The third-order valence-corrected chi connectivity index (χ3v) is 9.13. The summed E-state index contributed by atoms with van der Waals surface area (Å²) < 4.78 is 31.7. The maximum atomic E-state index is 13.7. The lowest BCUT2D eigenvalue weighted by molar-refractivity contribution is 0.174. The molecule has 0 atom stereocenters. The Morgan fingerprint density at radius 3 is 2.64 bits per heavy atom. The highest BCUT2D eigenvalue weighted by Crippen LogP contribution is 2.43. The van der Waals surface area contributed by atoms with E-state index in [1.807, 2.05) is 61.5 Å². The van der Waals surface area contributed by atoms with E-state index in [0.717, 1.165) is 10.9 Å². The standard InChI is InChI=1S/C33H23Br2N3O6/c1-2-40-27-15-21(29(34)30(35)31(27)41-17-19-11-12-25-26(13-19)43-18-42-25)16-36-38-32(28-14-20-7-3-6-10-24(20)44-28)37-23-9-5-4-8-22(23)33(38)39/h3-16H,2,17-18H2,1H3. The fourth-order valence-corrected chi connectivity index (χ4v) is 5.82. The molecular weight excluding hydrogens is 694 g/mol. The minimum Gasteiger partial charge on any atom is -0.490 e. The minimum absolute atomic E-state index is 0.205. The largest absolute Gasteiger partial charge is 0.490 e. The molecule has 1 aliphatic heterocycles. The molecule has 0 aliphatic carbocycles. The molecule has 7 rings (SSSR count). The fraction of sp³-hybridized carbons (Fsp3) is 0.121. The number of rotatable bonds is 8. The predicted molar refractivity (Wildman–Crippen MR) is 174 cm³/mol. The number of para-hydroxylation sites is 2. The average molecular weight is 717 g/mol. The Hall–Kier alpha value is -4.61. The summed E-state index contributed by atoms with van der Waals surface area (Å²) in [4.78, 5) is 18.5. The normalized spacial score (nSPS) is 12.4. The third-order valence-electron chi connectivity index (χ3n) is 6.99. The molecule has 9 nitrogen and oxygen atoms in total. The van der Waals surface area contributed by atoms with Crippen LogP contribution in [0.1, 0.15) is 18.1 Å². The molecular formula is C33H23Br2N3O6. The van der Waals surface area contributed by atoms with Gasteiger partial charge in [0.15, 0.2) is 28.8 Å². The van der Waals surface area contributed by atoms with E-state index in [1.165, 1.54) is 4.68 Å². The molecule has 0 amide bonds. The molecule has 11 heteroatoms. The Balaban J connectivity index is 1.27. The van der Waals surface area contributed by atoms with Gasteiger partial charge in [0.05, 0.1) is 28.2 Å². The zero-order valence-electron chi connectivity index (χ0n) is 23.3. The Kier molecular flexibility index (Phi) is 7.57.